The van der Waals surface area contributed by atoms with Crippen LogP contribution in [0.5, 0.6) is 0 Å². The number of alkyl halides is 4. The summed E-state index contributed by atoms with van der Waals surface area (Å²) in [6.07, 6.45) is -4.57. The van der Waals surface area contributed by atoms with E-state index in [-0.39, 0.29) is 18.2 Å². The van der Waals surface area contributed by atoms with Crippen molar-refractivity contribution in [2.24, 2.45) is 0 Å². The number of anilines is 1. The Morgan fingerprint density at radius 3 is 2.52 bits per heavy atom. The van der Waals surface area contributed by atoms with Gasteiger partial charge < -0.3 is 14.4 Å². The maximum atomic E-state index is 12.6. The van der Waals surface area contributed by atoms with Crippen molar-refractivity contribution in [3.05, 3.63) is 53.5 Å². The lowest BCUT2D eigenvalue weighted by atomic mass is 10.0. The molecule has 0 fully saturated rings. The highest BCUT2D eigenvalue weighted by Gasteiger charge is 2.49. The lowest BCUT2D eigenvalue weighted by Gasteiger charge is -2.20. The van der Waals surface area contributed by atoms with Crippen molar-refractivity contribution in [3.63, 3.8) is 0 Å². The van der Waals surface area contributed by atoms with E-state index >= 15 is 0 Å². The average molecular weight is 437 g/mol. The molecule has 4 nitrogen and oxygen atoms in total. The standard InChI is InChI=1S/C15H11F3INO3/c16-15(17,18)12-6-5-9(23-12)7-20-11-4-2-1-3-10(11)14(19,8-21)13(20)22/h1-6,21H,7-8H2. The zero-order valence-electron chi connectivity index (χ0n) is 11.6. The van der Waals surface area contributed by atoms with E-state index in [1.165, 1.54) is 11.0 Å². The number of carbonyl (C=O) groups excluding carboxylic acids is 1. The number of aliphatic hydroxyl groups is 1. The third kappa shape index (κ3) is 2.63. The van der Waals surface area contributed by atoms with Crippen LogP contribution in [0.15, 0.2) is 40.8 Å². The fourth-order valence-electron chi connectivity index (χ4n) is 2.56. The third-order valence-electron chi connectivity index (χ3n) is 3.68. The number of amides is 1. The molecule has 1 aliphatic rings. The quantitative estimate of drug-likeness (QED) is 0.592. The van der Waals surface area contributed by atoms with Gasteiger partial charge in [-0.1, -0.05) is 40.8 Å². The SMILES string of the molecule is O=C1N(Cc2ccc(C(F)(F)F)o2)c2ccccc2C1(I)CO. The predicted molar refractivity (Wildman–Crippen MR) is 84.1 cm³/mol. The molecular weight excluding hydrogens is 426 g/mol. The fourth-order valence-corrected chi connectivity index (χ4v) is 3.31. The topological polar surface area (TPSA) is 53.7 Å². The van der Waals surface area contributed by atoms with Gasteiger partial charge in [0, 0.05) is 11.3 Å². The van der Waals surface area contributed by atoms with E-state index in [0.29, 0.717) is 11.3 Å². The summed E-state index contributed by atoms with van der Waals surface area (Å²) in [5.74, 6) is -1.46. The van der Waals surface area contributed by atoms with Gasteiger partial charge in [0.05, 0.1) is 13.2 Å². The third-order valence-corrected chi connectivity index (χ3v) is 5.06. The van der Waals surface area contributed by atoms with Crippen molar-refractivity contribution in [2.45, 2.75) is 16.1 Å². The first-order chi connectivity index (χ1) is 10.8. The highest BCUT2D eigenvalue weighted by Crippen LogP contribution is 2.46. The normalized spacial score (nSPS) is 20.9. The molecule has 1 aromatic carbocycles. The lowest BCUT2D eigenvalue weighted by molar-refractivity contribution is -0.153. The average Bonchev–Trinajstić information content (AvgIpc) is 3.06. The van der Waals surface area contributed by atoms with Crippen molar-refractivity contribution in [3.8, 4) is 0 Å². The molecule has 122 valence electrons. The first-order valence-electron chi connectivity index (χ1n) is 6.64. The molecule has 2 aromatic rings. The molecule has 23 heavy (non-hydrogen) atoms. The number of hydrogen-bond acceptors (Lipinski definition) is 3. The molecule has 0 saturated heterocycles. The number of carbonyl (C=O) groups is 1. The van der Waals surface area contributed by atoms with Crippen molar-refractivity contribution in [2.75, 3.05) is 11.5 Å². The van der Waals surface area contributed by atoms with E-state index in [0.717, 1.165) is 6.07 Å². The molecule has 1 amide bonds. The van der Waals surface area contributed by atoms with Gasteiger partial charge in [-0.3, -0.25) is 4.79 Å². The number of fused-ring (bicyclic) bond motifs is 1. The minimum absolute atomic E-state index is 0.0269. The molecule has 1 atom stereocenters. The van der Waals surface area contributed by atoms with E-state index in [4.69, 9.17) is 4.42 Å². The summed E-state index contributed by atoms with van der Waals surface area (Å²) in [5.41, 5.74) is 1.20. The summed E-state index contributed by atoms with van der Waals surface area (Å²) in [6.45, 7) is -0.525. The van der Waals surface area contributed by atoms with Gasteiger partial charge in [0.15, 0.2) is 3.42 Å². The number of rotatable bonds is 3. The van der Waals surface area contributed by atoms with Crippen molar-refractivity contribution >= 4 is 34.2 Å². The Morgan fingerprint density at radius 1 is 1.22 bits per heavy atom. The van der Waals surface area contributed by atoms with Crippen LogP contribution in [0.25, 0.3) is 0 Å². The first kappa shape index (κ1) is 16.3. The molecule has 0 radical (unpaired) electrons. The van der Waals surface area contributed by atoms with Gasteiger partial charge >= 0.3 is 6.18 Å². The second kappa shape index (κ2) is 5.52. The van der Waals surface area contributed by atoms with Crippen LogP contribution in [0.1, 0.15) is 17.1 Å². The van der Waals surface area contributed by atoms with Crippen LogP contribution in [-0.2, 0) is 20.9 Å². The molecule has 0 aliphatic carbocycles. The van der Waals surface area contributed by atoms with Gasteiger partial charge in [0.25, 0.3) is 0 Å². The number of aliphatic hydroxyl groups excluding tert-OH is 1. The molecule has 1 unspecified atom stereocenters. The zero-order chi connectivity index (χ0) is 16.8. The minimum atomic E-state index is -4.57. The van der Waals surface area contributed by atoms with Gasteiger partial charge in [-0.2, -0.15) is 13.2 Å². The van der Waals surface area contributed by atoms with Gasteiger partial charge in [-0.05, 0) is 18.2 Å². The molecule has 1 N–H and O–H groups in total. The summed E-state index contributed by atoms with van der Waals surface area (Å²) in [5, 5.41) is 9.61. The molecule has 1 aliphatic heterocycles. The monoisotopic (exact) mass is 437 g/mol. The predicted octanol–water partition coefficient (Wildman–Crippen LogP) is 3.47. The van der Waals surface area contributed by atoms with E-state index in [1.54, 1.807) is 24.3 Å². The molecule has 8 heteroatoms. The van der Waals surface area contributed by atoms with Gasteiger partial charge in [0.1, 0.15) is 5.76 Å². The number of hydrogen-bond donors (Lipinski definition) is 1. The van der Waals surface area contributed by atoms with Crippen LogP contribution >= 0.6 is 22.6 Å². The smallest absolute Gasteiger partial charge is 0.449 e. The van der Waals surface area contributed by atoms with Crippen LogP contribution in [0.2, 0.25) is 0 Å². The van der Waals surface area contributed by atoms with Crippen molar-refractivity contribution in [1.82, 2.24) is 0 Å². The van der Waals surface area contributed by atoms with Crippen LogP contribution in [0, 0.1) is 0 Å². The van der Waals surface area contributed by atoms with Gasteiger partial charge in [-0.15, -0.1) is 0 Å². The minimum Gasteiger partial charge on any atom is -0.455 e. The fraction of sp³-hybridized carbons (Fsp3) is 0.267. The first-order valence-corrected chi connectivity index (χ1v) is 7.72. The maximum absolute atomic E-state index is 12.6. The number of para-hydroxylation sites is 1. The number of furan rings is 1. The van der Waals surface area contributed by atoms with E-state index in [2.05, 4.69) is 0 Å². The molecule has 0 bridgehead atoms. The van der Waals surface area contributed by atoms with E-state index < -0.39 is 22.0 Å². The Balaban J connectivity index is 1.95. The van der Waals surface area contributed by atoms with Crippen LogP contribution in [0.4, 0.5) is 18.9 Å². The molecular formula is C15H11F3INO3. The molecule has 2 heterocycles. The van der Waals surface area contributed by atoms with Crippen molar-refractivity contribution in [1.29, 1.82) is 0 Å². The number of nitrogens with zero attached hydrogens (tertiary/aromatic N) is 1. The van der Waals surface area contributed by atoms with E-state index in [1.807, 2.05) is 22.6 Å². The second-order valence-electron chi connectivity index (χ2n) is 5.13. The molecule has 1 aromatic heterocycles. The highest BCUT2D eigenvalue weighted by molar-refractivity contribution is 14.1. The summed E-state index contributed by atoms with van der Waals surface area (Å²) in [7, 11) is 0. The van der Waals surface area contributed by atoms with Crippen LogP contribution < -0.4 is 4.90 Å². The summed E-state index contributed by atoms with van der Waals surface area (Å²) in [4.78, 5) is 13.9. The van der Waals surface area contributed by atoms with Crippen LogP contribution in [0.3, 0.4) is 0 Å². The number of halogens is 4. The lowest BCUT2D eigenvalue weighted by Crippen LogP contribution is -2.38. The largest absolute Gasteiger partial charge is 0.455 e. The Labute approximate surface area is 143 Å². The molecule has 3 rings (SSSR count). The molecule has 0 spiro atoms. The number of benzene rings is 1. The van der Waals surface area contributed by atoms with Gasteiger partial charge in [-0.25, -0.2) is 0 Å². The highest BCUT2D eigenvalue weighted by atomic mass is 127. The van der Waals surface area contributed by atoms with Gasteiger partial charge in [0.2, 0.25) is 11.7 Å². The van der Waals surface area contributed by atoms with Crippen molar-refractivity contribution < 1.29 is 27.5 Å². The Bertz CT molecular complexity index is 758. The molecule has 0 saturated carbocycles. The van der Waals surface area contributed by atoms with E-state index in [9.17, 15) is 23.1 Å². The maximum Gasteiger partial charge on any atom is 0.449 e. The van der Waals surface area contributed by atoms with Crippen LogP contribution in [-0.4, -0.2) is 17.6 Å². The summed E-state index contributed by atoms with van der Waals surface area (Å²) >= 11 is 1.87. The second-order valence-corrected chi connectivity index (χ2v) is 6.97. The zero-order valence-corrected chi connectivity index (χ0v) is 13.8. The summed E-state index contributed by atoms with van der Waals surface area (Å²) < 4.78 is 41.5. The summed E-state index contributed by atoms with van der Waals surface area (Å²) in [6, 6.07) is 8.92. The Kier molecular flexibility index (Phi) is 3.91. The Morgan fingerprint density at radius 2 is 1.91 bits per heavy atom. The Hall–Kier alpha value is -1.55.